The van der Waals surface area contributed by atoms with Crippen molar-refractivity contribution in [3.63, 3.8) is 0 Å². The van der Waals surface area contributed by atoms with Gasteiger partial charge in [-0.2, -0.15) is 11.3 Å². The average molecular weight is 207 g/mol. The van der Waals surface area contributed by atoms with Gasteiger partial charge in [-0.05, 0) is 31.7 Å². The van der Waals surface area contributed by atoms with Gasteiger partial charge in [-0.15, -0.1) is 6.42 Å². The van der Waals surface area contributed by atoms with Crippen LogP contribution in [0.1, 0.15) is 29.8 Å². The fourth-order valence-corrected chi connectivity index (χ4v) is 1.81. The lowest BCUT2D eigenvalue weighted by Crippen LogP contribution is -2.42. The Morgan fingerprint density at radius 3 is 2.64 bits per heavy atom. The van der Waals surface area contributed by atoms with Crippen molar-refractivity contribution >= 4 is 17.2 Å². The van der Waals surface area contributed by atoms with Crippen molar-refractivity contribution in [1.29, 1.82) is 0 Å². The zero-order chi connectivity index (χ0) is 10.8. The first-order valence-corrected chi connectivity index (χ1v) is 5.23. The molecular weight excluding hydrogens is 194 g/mol. The minimum absolute atomic E-state index is 0.105. The molecule has 14 heavy (non-hydrogen) atoms. The van der Waals surface area contributed by atoms with Gasteiger partial charge >= 0.3 is 0 Å². The molecule has 1 aromatic heterocycles. The fraction of sp³-hybridized carbons (Fsp3) is 0.364. The third-order valence-electron chi connectivity index (χ3n) is 1.89. The van der Waals surface area contributed by atoms with Crippen LogP contribution in [0.15, 0.2) is 10.8 Å². The molecule has 3 heteroatoms. The highest BCUT2D eigenvalue weighted by Gasteiger charge is 2.19. The molecule has 74 valence electrons. The van der Waals surface area contributed by atoms with Crippen molar-refractivity contribution < 1.29 is 4.79 Å². The summed E-state index contributed by atoms with van der Waals surface area (Å²) in [4.78, 5) is 11.7. The molecule has 0 aliphatic heterocycles. The molecule has 0 aliphatic rings. The Morgan fingerprint density at radius 2 is 2.21 bits per heavy atom. The summed E-state index contributed by atoms with van der Waals surface area (Å²) < 4.78 is 0. The molecule has 1 heterocycles. The lowest BCUT2D eigenvalue weighted by Gasteiger charge is -2.19. The summed E-state index contributed by atoms with van der Waals surface area (Å²) in [7, 11) is 0. The molecule has 0 aliphatic carbocycles. The SMILES string of the molecule is C#CC(C)(C)NC(=O)c1cscc1C. The van der Waals surface area contributed by atoms with Gasteiger partial charge in [0.2, 0.25) is 0 Å². The Bertz CT molecular complexity index is 384. The van der Waals surface area contributed by atoms with E-state index in [9.17, 15) is 4.79 Å². The number of rotatable bonds is 2. The second kappa shape index (κ2) is 3.85. The van der Waals surface area contributed by atoms with Crippen molar-refractivity contribution in [3.8, 4) is 12.3 Å². The van der Waals surface area contributed by atoms with Gasteiger partial charge in [0.25, 0.3) is 5.91 Å². The first-order chi connectivity index (χ1) is 6.46. The van der Waals surface area contributed by atoms with Crippen LogP contribution in [0.5, 0.6) is 0 Å². The number of hydrogen-bond donors (Lipinski definition) is 1. The Labute approximate surface area is 88.3 Å². The highest BCUT2D eigenvalue weighted by molar-refractivity contribution is 7.08. The van der Waals surface area contributed by atoms with E-state index in [1.165, 1.54) is 11.3 Å². The van der Waals surface area contributed by atoms with Crippen LogP contribution in [-0.4, -0.2) is 11.4 Å². The van der Waals surface area contributed by atoms with E-state index in [-0.39, 0.29) is 5.91 Å². The molecule has 0 aromatic carbocycles. The van der Waals surface area contributed by atoms with Gasteiger partial charge in [0.1, 0.15) is 0 Å². The first kappa shape index (κ1) is 10.8. The third-order valence-corrected chi connectivity index (χ3v) is 2.75. The number of amides is 1. The van der Waals surface area contributed by atoms with Gasteiger partial charge in [-0.25, -0.2) is 0 Å². The standard InChI is InChI=1S/C11H13NOS/c1-5-11(3,4)12-10(13)9-7-14-6-8(9)2/h1,6-7H,2-4H3,(H,12,13). The monoisotopic (exact) mass is 207 g/mol. The molecule has 0 spiro atoms. The number of aryl methyl sites for hydroxylation is 1. The number of hydrogen-bond acceptors (Lipinski definition) is 2. The van der Waals surface area contributed by atoms with E-state index in [0.717, 1.165) is 5.56 Å². The van der Waals surface area contributed by atoms with Gasteiger partial charge in [0.05, 0.1) is 11.1 Å². The van der Waals surface area contributed by atoms with Crippen LogP contribution < -0.4 is 5.32 Å². The molecule has 0 atom stereocenters. The largest absolute Gasteiger partial charge is 0.336 e. The summed E-state index contributed by atoms with van der Waals surface area (Å²) in [6, 6.07) is 0. The van der Waals surface area contributed by atoms with E-state index in [1.807, 2.05) is 17.7 Å². The normalized spacial score (nSPS) is 10.7. The van der Waals surface area contributed by atoms with E-state index in [2.05, 4.69) is 11.2 Å². The van der Waals surface area contributed by atoms with Crippen LogP contribution in [0.25, 0.3) is 0 Å². The maximum absolute atomic E-state index is 11.7. The van der Waals surface area contributed by atoms with Crippen molar-refractivity contribution in [1.82, 2.24) is 5.32 Å². The minimum atomic E-state index is -0.592. The van der Waals surface area contributed by atoms with Crippen LogP contribution in [0.3, 0.4) is 0 Å². The maximum Gasteiger partial charge on any atom is 0.253 e. The highest BCUT2D eigenvalue weighted by atomic mass is 32.1. The van der Waals surface area contributed by atoms with Crippen molar-refractivity contribution in [2.45, 2.75) is 26.3 Å². The minimum Gasteiger partial charge on any atom is -0.336 e. The number of terminal acetylenes is 1. The zero-order valence-corrected chi connectivity index (χ0v) is 9.37. The molecular formula is C11H13NOS. The summed E-state index contributed by atoms with van der Waals surface area (Å²) in [5.74, 6) is 2.42. The second-order valence-electron chi connectivity index (χ2n) is 3.69. The van der Waals surface area contributed by atoms with E-state index >= 15 is 0 Å². The molecule has 1 rings (SSSR count). The fourth-order valence-electron chi connectivity index (χ4n) is 0.980. The molecule has 2 nitrogen and oxygen atoms in total. The van der Waals surface area contributed by atoms with E-state index < -0.39 is 5.54 Å². The van der Waals surface area contributed by atoms with Crippen LogP contribution in [0.4, 0.5) is 0 Å². The van der Waals surface area contributed by atoms with Gasteiger partial charge in [0.15, 0.2) is 0 Å². The van der Waals surface area contributed by atoms with Crippen LogP contribution in [0, 0.1) is 19.3 Å². The number of thiophene rings is 1. The topological polar surface area (TPSA) is 29.1 Å². The summed E-state index contributed by atoms with van der Waals surface area (Å²) in [5, 5.41) is 6.55. The smallest absolute Gasteiger partial charge is 0.253 e. The number of nitrogens with one attached hydrogen (secondary N) is 1. The Balaban J connectivity index is 2.80. The molecule has 1 aromatic rings. The Kier molecular flexibility index (Phi) is 2.97. The van der Waals surface area contributed by atoms with Gasteiger partial charge < -0.3 is 5.32 Å². The van der Waals surface area contributed by atoms with Crippen molar-refractivity contribution in [2.24, 2.45) is 0 Å². The van der Waals surface area contributed by atoms with Crippen molar-refractivity contribution in [3.05, 3.63) is 21.9 Å². The zero-order valence-electron chi connectivity index (χ0n) is 8.55. The Hall–Kier alpha value is -1.27. The predicted molar refractivity (Wildman–Crippen MR) is 59.4 cm³/mol. The summed E-state index contributed by atoms with van der Waals surface area (Å²) in [5.41, 5.74) is 1.10. The van der Waals surface area contributed by atoms with Crippen LogP contribution >= 0.6 is 11.3 Å². The predicted octanol–water partition coefficient (Wildman–Crippen LogP) is 2.20. The summed E-state index contributed by atoms with van der Waals surface area (Å²) >= 11 is 1.52. The van der Waals surface area contributed by atoms with Crippen LogP contribution in [0.2, 0.25) is 0 Å². The lowest BCUT2D eigenvalue weighted by atomic mass is 10.1. The lowest BCUT2D eigenvalue weighted by molar-refractivity contribution is 0.0930. The molecule has 0 radical (unpaired) electrons. The van der Waals surface area contributed by atoms with Crippen molar-refractivity contribution in [2.75, 3.05) is 0 Å². The molecule has 0 bridgehead atoms. The third kappa shape index (κ3) is 2.36. The molecule has 0 fully saturated rings. The summed E-state index contributed by atoms with van der Waals surface area (Å²) in [6.07, 6.45) is 5.28. The second-order valence-corrected chi connectivity index (χ2v) is 4.44. The highest BCUT2D eigenvalue weighted by Crippen LogP contribution is 2.14. The van der Waals surface area contributed by atoms with Gasteiger partial charge in [-0.3, -0.25) is 4.79 Å². The maximum atomic E-state index is 11.7. The van der Waals surface area contributed by atoms with E-state index in [4.69, 9.17) is 6.42 Å². The first-order valence-electron chi connectivity index (χ1n) is 4.29. The number of carbonyl (C=O) groups is 1. The average Bonchev–Trinajstić information content (AvgIpc) is 2.51. The van der Waals surface area contributed by atoms with Gasteiger partial charge in [0, 0.05) is 5.38 Å². The number of carbonyl (C=O) groups excluding carboxylic acids is 1. The van der Waals surface area contributed by atoms with E-state index in [0.29, 0.717) is 5.56 Å². The molecule has 0 unspecified atom stereocenters. The Morgan fingerprint density at radius 1 is 1.57 bits per heavy atom. The van der Waals surface area contributed by atoms with Gasteiger partial charge in [-0.1, -0.05) is 5.92 Å². The molecule has 1 N–H and O–H groups in total. The molecule has 1 amide bonds. The van der Waals surface area contributed by atoms with Crippen LogP contribution in [-0.2, 0) is 0 Å². The molecule has 0 saturated carbocycles. The van der Waals surface area contributed by atoms with E-state index in [1.54, 1.807) is 13.8 Å². The molecule has 0 saturated heterocycles. The quantitative estimate of drug-likeness (QED) is 0.740. The summed E-state index contributed by atoms with van der Waals surface area (Å²) in [6.45, 7) is 5.51.